The molecule has 0 N–H and O–H groups in total. The van der Waals surface area contributed by atoms with Crippen LogP contribution in [0.5, 0.6) is 0 Å². The Kier molecular flexibility index (Phi) is 4.91. The summed E-state index contributed by atoms with van der Waals surface area (Å²) in [6.07, 6.45) is 5.88. The summed E-state index contributed by atoms with van der Waals surface area (Å²) in [7, 11) is 0. The Bertz CT molecular complexity index is 756. The molecule has 2 aromatic rings. The van der Waals surface area contributed by atoms with Gasteiger partial charge in [-0.2, -0.15) is 0 Å². The number of carbonyl (C=O) groups excluding carboxylic acids is 1. The number of carbonyl (C=O) groups is 1. The summed E-state index contributed by atoms with van der Waals surface area (Å²) in [4.78, 5) is 25.7. The van der Waals surface area contributed by atoms with Crippen LogP contribution in [0, 0.1) is 6.92 Å². The van der Waals surface area contributed by atoms with E-state index < -0.39 is 0 Å². The standard InChI is InChI=1S/C19H24N4O2S/c1-15-21-16(14-26-15)13-23-10-11-25-19(12-18(23)24)4-8-22(9-5-19)17-2-6-20-7-3-17/h2-3,6-7,14H,4-5,8-13H2,1H3. The third-order valence-electron chi connectivity index (χ3n) is 5.32. The molecule has 2 aliphatic heterocycles. The number of thiazole rings is 1. The molecule has 1 amide bonds. The van der Waals surface area contributed by atoms with E-state index in [0.717, 1.165) is 36.6 Å². The van der Waals surface area contributed by atoms with Gasteiger partial charge in [-0.25, -0.2) is 4.98 Å². The number of rotatable bonds is 3. The molecule has 26 heavy (non-hydrogen) atoms. The highest BCUT2D eigenvalue weighted by molar-refractivity contribution is 7.09. The van der Waals surface area contributed by atoms with Gasteiger partial charge in [0.25, 0.3) is 0 Å². The average Bonchev–Trinajstić information content (AvgIpc) is 3.00. The number of pyridine rings is 1. The van der Waals surface area contributed by atoms with Gasteiger partial charge in [0.1, 0.15) is 0 Å². The van der Waals surface area contributed by atoms with Crippen LogP contribution >= 0.6 is 11.3 Å². The van der Waals surface area contributed by atoms with E-state index in [0.29, 0.717) is 26.1 Å². The predicted octanol–water partition coefficient (Wildman–Crippen LogP) is 2.63. The summed E-state index contributed by atoms with van der Waals surface area (Å²) >= 11 is 1.63. The lowest BCUT2D eigenvalue weighted by Gasteiger charge is -2.41. The third kappa shape index (κ3) is 3.73. The van der Waals surface area contributed by atoms with E-state index in [9.17, 15) is 4.79 Å². The smallest absolute Gasteiger partial charge is 0.225 e. The molecule has 0 bridgehead atoms. The van der Waals surface area contributed by atoms with Gasteiger partial charge in [0, 0.05) is 43.1 Å². The van der Waals surface area contributed by atoms with Crippen LogP contribution in [0.4, 0.5) is 5.69 Å². The highest BCUT2D eigenvalue weighted by atomic mass is 32.1. The van der Waals surface area contributed by atoms with E-state index in [1.165, 1.54) is 5.69 Å². The molecule has 6 nitrogen and oxygen atoms in total. The van der Waals surface area contributed by atoms with Crippen molar-refractivity contribution in [2.45, 2.75) is 38.3 Å². The summed E-state index contributed by atoms with van der Waals surface area (Å²) in [5.41, 5.74) is 1.85. The first-order valence-electron chi connectivity index (χ1n) is 9.11. The van der Waals surface area contributed by atoms with Crippen molar-refractivity contribution in [3.63, 3.8) is 0 Å². The minimum Gasteiger partial charge on any atom is -0.372 e. The van der Waals surface area contributed by atoms with Gasteiger partial charge in [-0.15, -0.1) is 11.3 Å². The number of hydrogen-bond acceptors (Lipinski definition) is 6. The number of nitrogens with zero attached hydrogens (tertiary/aromatic N) is 4. The van der Waals surface area contributed by atoms with Gasteiger partial charge in [-0.3, -0.25) is 9.78 Å². The largest absolute Gasteiger partial charge is 0.372 e. The number of piperidine rings is 1. The third-order valence-corrected chi connectivity index (χ3v) is 6.14. The first-order valence-corrected chi connectivity index (χ1v) is 9.99. The van der Waals surface area contributed by atoms with E-state index in [1.807, 2.05) is 41.7 Å². The van der Waals surface area contributed by atoms with Crippen LogP contribution in [0.2, 0.25) is 0 Å². The van der Waals surface area contributed by atoms with Crippen molar-refractivity contribution < 1.29 is 9.53 Å². The van der Waals surface area contributed by atoms with E-state index >= 15 is 0 Å². The molecule has 0 aromatic carbocycles. The first kappa shape index (κ1) is 17.4. The number of ether oxygens (including phenoxy) is 1. The molecule has 0 atom stereocenters. The van der Waals surface area contributed by atoms with Crippen molar-refractivity contribution in [2.24, 2.45) is 0 Å². The lowest BCUT2D eigenvalue weighted by atomic mass is 9.87. The fraction of sp³-hybridized carbons (Fsp3) is 0.526. The summed E-state index contributed by atoms with van der Waals surface area (Å²) in [5.74, 6) is 0.186. The van der Waals surface area contributed by atoms with Crippen LogP contribution < -0.4 is 4.90 Å². The topological polar surface area (TPSA) is 58.6 Å². The molecule has 2 saturated heterocycles. The Morgan fingerprint density at radius 3 is 2.69 bits per heavy atom. The Balaban J connectivity index is 1.39. The maximum Gasteiger partial charge on any atom is 0.225 e. The second kappa shape index (κ2) is 7.32. The van der Waals surface area contributed by atoms with Crippen LogP contribution in [0.25, 0.3) is 0 Å². The molecular weight excluding hydrogens is 348 g/mol. The van der Waals surface area contributed by atoms with Crippen molar-refractivity contribution in [3.8, 4) is 0 Å². The maximum atomic E-state index is 12.9. The van der Waals surface area contributed by atoms with Crippen LogP contribution in [0.1, 0.15) is 30.0 Å². The number of amides is 1. The van der Waals surface area contributed by atoms with Gasteiger partial charge in [-0.05, 0) is 31.9 Å². The first-order chi connectivity index (χ1) is 12.6. The molecule has 4 rings (SSSR count). The van der Waals surface area contributed by atoms with Gasteiger partial charge in [0.15, 0.2) is 0 Å². The maximum absolute atomic E-state index is 12.9. The molecule has 2 aliphatic rings. The van der Waals surface area contributed by atoms with E-state index in [-0.39, 0.29) is 11.5 Å². The lowest BCUT2D eigenvalue weighted by molar-refractivity contribution is -0.134. The van der Waals surface area contributed by atoms with E-state index in [2.05, 4.69) is 14.9 Å². The summed E-state index contributed by atoms with van der Waals surface area (Å²) in [6, 6.07) is 4.07. The molecule has 0 radical (unpaired) electrons. The lowest BCUT2D eigenvalue weighted by Crippen LogP contribution is -2.47. The van der Waals surface area contributed by atoms with Crippen LogP contribution in [0.3, 0.4) is 0 Å². The minimum atomic E-state index is -0.312. The molecular formula is C19H24N4O2S. The molecule has 4 heterocycles. The number of anilines is 1. The Morgan fingerprint density at radius 2 is 2.00 bits per heavy atom. The Labute approximate surface area is 157 Å². The SMILES string of the molecule is Cc1nc(CN2CCOC3(CCN(c4ccncc4)CC3)CC2=O)cs1. The predicted molar refractivity (Wildman–Crippen MR) is 101 cm³/mol. The van der Waals surface area contributed by atoms with Crippen LogP contribution in [0.15, 0.2) is 29.9 Å². The minimum absolute atomic E-state index is 0.186. The van der Waals surface area contributed by atoms with E-state index in [4.69, 9.17) is 4.74 Å². The normalized spacial score (nSPS) is 20.4. The molecule has 138 valence electrons. The zero-order chi connectivity index (χ0) is 18.0. The molecule has 0 aliphatic carbocycles. The molecule has 0 unspecified atom stereocenters. The van der Waals surface area contributed by atoms with Gasteiger partial charge < -0.3 is 14.5 Å². The summed E-state index contributed by atoms with van der Waals surface area (Å²) in [5, 5.41) is 3.08. The monoisotopic (exact) mass is 372 g/mol. The summed E-state index contributed by atoms with van der Waals surface area (Å²) in [6.45, 7) is 5.64. The van der Waals surface area contributed by atoms with Crippen molar-refractivity contribution in [3.05, 3.63) is 40.6 Å². The van der Waals surface area contributed by atoms with E-state index in [1.54, 1.807) is 11.3 Å². The van der Waals surface area contributed by atoms with Crippen molar-refractivity contribution in [2.75, 3.05) is 31.1 Å². The zero-order valence-corrected chi connectivity index (χ0v) is 15.9. The molecule has 1 spiro atoms. The highest BCUT2D eigenvalue weighted by Crippen LogP contribution is 2.34. The quantitative estimate of drug-likeness (QED) is 0.829. The molecule has 0 saturated carbocycles. The van der Waals surface area contributed by atoms with Gasteiger partial charge in [0.05, 0.1) is 35.9 Å². The second-order valence-corrected chi connectivity index (χ2v) is 8.14. The number of aromatic nitrogens is 2. The Morgan fingerprint density at radius 1 is 1.23 bits per heavy atom. The second-order valence-electron chi connectivity index (χ2n) is 7.07. The van der Waals surface area contributed by atoms with Gasteiger partial charge in [0.2, 0.25) is 5.91 Å². The number of aryl methyl sites for hydroxylation is 1. The van der Waals surface area contributed by atoms with Crippen LogP contribution in [-0.4, -0.2) is 52.6 Å². The molecule has 7 heteroatoms. The zero-order valence-electron chi connectivity index (χ0n) is 15.1. The summed E-state index contributed by atoms with van der Waals surface area (Å²) < 4.78 is 6.24. The van der Waals surface area contributed by atoms with Crippen molar-refractivity contribution in [1.82, 2.24) is 14.9 Å². The fourth-order valence-electron chi connectivity index (χ4n) is 3.83. The molecule has 2 aromatic heterocycles. The fourth-order valence-corrected chi connectivity index (χ4v) is 4.43. The number of hydrogen-bond donors (Lipinski definition) is 0. The van der Waals surface area contributed by atoms with Gasteiger partial charge >= 0.3 is 0 Å². The van der Waals surface area contributed by atoms with Crippen molar-refractivity contribution >= 4 is 22.9 Å². The van der Waals surface area contributed by atoms with Crippen molar-refractivity contribution in [1.29, 1.82) is 0 Å². The molecule has 2 fully saturated rings. The van der Waals surface area contributed by atoms with Crippen LogP contribution in [-0.2, 0) is 16.1 Å². The average molecular weight is 372 g/mol. The Hall–Kier alpha value is -1.99. The highest BCUT2D eigenvalue weighted by Gasteiger charge is 2.40. The van der Waals surface area contributed by atoms with Gasteiger partial charge in [-0.1, -0.05) is 0 Å².